The molecule has 0 bridgehead atoms. The van der Waals surface area contributed by atoms with Crippen molar-refractivity contribution in [2.24, 2.45) is 5.92 Å². The van der Waals surface area contributed by atoms with Gasteiger partial charge in [0, 0.05) is 11.6 Å². The van der Waals surface area contributed by atoms with Gasteiger partial charge in [-0.1, -0.05) is 6.92 Å². The summed E-state index contributed by atoms with van der Waals surface area (Å²) in [6.45, 7) is 2.30. The monoisotopic (exact) mass is 299 g/mol. The van der Waals surface area contributed by atoms with Crippen molar-refractivity contribution >= 4 is 23.3 Å². The minimum Gasteiger partial charge on any atom is -0.481 e. The molecule has 3 atom stereocenters. The van der Waals surface area contributed by atoms with E-state index < -0.39 is 24.0 Å². The number of thiazole rings is 1. The van der Waals surface area contributed by atoms with Gasteiger partial charge in [0.1, 0.15) is 10.9 Å². The lowest BCUT2D eigenvalue weighted by Crippen LogP contribution is -2.48. The second kappa shape index (κ2) is 6.67. The summed E-state index contributed by atoms with van der Waals surface area (Å²) in [4.78, 5) is 27.1. The standard InChI is InChI=1S/C12H17N3O4S/c1-2-8(10-13-3-4-20-10)14-12(18)15-9-6-19-5-7(9)11(16)17/h3-4,7-9H,2,5-6H2,1H3,(H,16,17)(H2,14,15,18). The molecule has 8 heteroatoms. The van der Waals surface area contributed by atoms with Gasteiger partial charge in [-0.3, -0.25) is 4.79 Å². The van der Waals surface area contributed by atoms with Crippen LogP contribution in [0.1, 0.15) is 24.4 Å². The van der Waals surface area contributed by atoms with Crippen LogP contribution < -0.4 is 10.6 Å². The first-order chi connectivity index (χ1) is 9.61. The molecular weight excluding hydrogens is 282 g/mol. The summed E-state index contributed by atoms with van der Waals surface area (Å²) < 4.78 is 5.10. The fourth-order valence-corrected chi connectivity index (χ4v) is 2.83. The maximum absolute atomic E-state index is 11.9. The summed E-state index contributed by atoms with van der Waals surface area (Å²) >= 11 is 1.47. The van der Waals surface area contributed by atoms with Crippen LogP contribution in [-0.4, -0.2) is 41.3 Å². The van der Waals surface area contributed by atoms with Crippen molar-refractivity contribution in [1.82, 2.24) is 15.6 Å². The van der Waals surface area contributed by atoms with Gasteiger partial charge in [-0.15, -0.1) is 11.3 Å². The van der Waals surface area contributed by atoms with E-state index in [1.54, 1.807) is 6.20 Å². The number of carbonyl (C=O) groups excluding carboxylic acids is 1. The van der Waals surface area contributed by atoms with E-state index in [4.69, 9.17) is 9.84 Å². The molecule has 0 aromatic carbocycles. The number of amides is 2. The first kappa shape index (κ1) is 14.7. The van der Waals surface area contributed by atoms with Crippen LogP contribution in [-0.2, 0) is 9.53 Å². The normalized spacial score (nSPS) is 23.2. The zero-order valence-corrected chi connectivity index (χ0v) is 11.9. The van der Waals surface area contributed by atoms with Gasteiger partial charge in [0.25, 0.3) is 0 Å². The third-order valence-electron chi connectivity index (χ3n) is 3.18. The number of hydrogen-bond acceptors (Lipinski definition) is 5. The largest absolute Gasteiger partial charge is 0.481 e. The number of nitrogens with one attached hydrogen (secondary N) is 2. The summed E-state index contributed by atoms with van der Waals surface area (Å²) in [6, 6.07) is -1.06. The minimum absolute atomic E-state index is 0.129. The Hall–Kier alpha value is -1.67. The molecule has 0 saturated carbocycles. The van der Waals surface area contributed by atoms with Crippen LogP contribution >= 0.6 is 11.3 Å². The number of urea groups is 1. The van der Waals surface area contributed by atoms with Crippen molar-refractivity contribution in [3.8, 4) is 0 Å². The summed E-state index contributed by atoms with van der Waals surface area (Å²) in [5, 5.41) is 17.2. The fraction of sp³-hybridized carbons (Fsp3) is 0.583. The van der Waals surface area contributed by atoms with E-state index in [-0.39, 0.29) is 19.3 Å². The number of rotatable bonds is 5. The topological polar surface area (TPSA) is 101 Å². The van der Waals surface area contributed by atoms with Crippen molar-refractivity contribution in [3.05, 3.63) is 16.6 Å². The number of aromatic nitrogens is 1. The summed E-state index contributed by atoms with van der Waals surface area (Å²) in [5.41, 5.74) is 0. The van der Waals surface area contributed by atoms with Crippen LogP contribution in [0.5, 0.6) is 0 Å². The van der Waals surface area contributed by atoms with Crippen LogP contribution in [0.2, 0.25) is 0 Å². The quantitative estimate of drug-likeness (QED) is 0.753. The third kappa shape index (κ3) is 3.45. The van der Waals surface area contributed by atoms with Crippen LogP contribution in [0.15, 0.2) is 11.6 Å². The van der Waals surface area contributed by atoms with Crippen molar-refractivity contribution in [1.29, 1.82) is 0 Å². The SMILES string of the molecule is CCC(NC(=O)NC1COCC1C(=O)O)c1nccs1. The number of carboxylic acids is 1. The van der Waals surface area contributed by atoms with Gasteiger partial charge in [-0.2, -0.15) is 0 Å². The molecule has 0 spiro atoms. The Bertz CT molecular complexity index is 465. The van der Waals surface area contributed by atoms with Crippen molar-refractivity contribution in [3.63, 3.8) is 0 Å². The Morgan fingerprint density at radius 2 is 2.40 bits per heavy atom. The predicted molar refractivity (Wildman–Crippen MR) is 72.5 cm³/mol. The molecule has 3 unspecified atom stereocenters. The lowest BCUT2D eigenvalue weighted by molar-refractivity contribution is -0.142. The van der Waals surface area contributed by atoms with Gasteiger partial charge in [-0.05, 0) is 6.42 Å². The molecule has 0 radical (unpaired) electrons. The maximum Gasteiger partial charge on any atom is 0.315 e. The molecule has 1 aromatic heterocycles. The Morgan fingerprint density at radius 1 is 1.60 bits per heavy atom. The van der Waals surface area contributed by atoms with Crippen molar-refractivity contribution < 1.29 is 19.4 Å². The zero-order valence-electron chi connectivity index (χ0n) is 11.0. The Kier molecular flexibility index (Phi) is 4.91. The Balaban J connectivity index is 1.90. The molecule has 1 aliphatic rings. The van der Waals surface area contributed by atoms with Gasteiger partial charge in [0.2, 0.25) is 0 Å². The Morgan fingerprint density at radius 3 is 3.00 bits per heavy atom. The lowest BCUT2D eigenvalue weighted by Gasteiger charge is -2.19. The molecule has 110 valence electrons. The van der Waals surface area contributed by atoms with Gasteiger partial charge in [-0.25, -0.2) is 9.78 Å². The highest BCUT2D eigenvalue weighted by Crippen LogP contribution is 2.19. The van der Waals surface area contributed by atoms with E-state index in [0.29, 0.717) is 6.42 Å². The third-order valence-corrected chi connectivity index (χ3v) is 4.07. The van der Waals surface area contributed by atoms with E-state index in [0.717, 1.165) is 5.01 Å². The number of hydrogen-bond donors (Lipinski definition) is 3. The molecule has 0 aliphatic carbocycles. The van der Waals surface area contributed by atoms with Gasteiger partial charge < -0.3 is 20.5 Å². The second-order valence-electron chi connectivity index (χ2n) is 4.54. The van der Waals surface area contributed by atoms with Crippen molar-refractivity contribution in [2.75, 3.05) is 13.2 Å². The van der Waals surface area contributed by atoms with E-state index in [2.05, 4.69) is 15.6 Å². The molecule has 7 nitrogen and oxygen atoms in total. The number of ether oxygens (including phenoxy) is 1. The smallest absolute Gasteiger partial charge is 0.315 e. The van der Waals surface area contributed by atoms with Gasteiger partial charge in [0.05, 0.1) is 25.3 Å². The number of carboxylic acid groups (broad SMARTS) is 1. The van der Waals surface area contributed by atoms with E-state index in [1.165, 1.54) is 11.3 Å². The molecule has 2 heterocycles. The summed E-state index contributed by atoms with van der Waals surface area (Å²) in [7, 11) is 0. The van der Waals surface area contributed by atoms with Gasteiger partial charge >= 0.3 is 12.0 Å². The number of carbonyl (C=O) groups is 2. The highest BCUT2D eigenvalue weighted by atomic mass is 32.1. The van der Waals surface area contributed by atoms with E-state index >= 15 is 0 Å². The highest BCUT2D eigenvalue weighted by Gasteiger charge is 2.35. The molecule has 2 amide bonds. The van der Waals surface area contributed by atoms with Crippen LogP contribution in [0, 0.1) is 5.92 Å². The molecule has 1 aliphatic heterocycles. The molecule has 2 rings (SSSR count). The summed E-state index contributed by atoms with van der Waals surface area (Å²) in [5.74, 6) is -1.65. The number of aliphatic carboxylic acids is 1. The first-order valence-electron chi connectivity index (χ1n) is 6.38. The first-order valence-corrected chi connectivity index (χ1v) is 7.26. The van der Waals surface area contributed by atoms with E-state index in [9.17, 15) is 9.59 Å². The number of nitrogens with zero attached hydrogens (tertiary/aromatic N) is 1. The van der Waals surface area contributed by atoms with Gasteiger partial charge in [0.15, 0.2) is 0 Å². The average Bonchev–Trinajstić information content (AvgIpc) is 3.06. The molecule has 1 saturated heterocycles. The predicted octanol–water partition coefficient (Wildman–Crippen LogP) is 0.993. The lowest BCUT2D eigenvalue weighted by atomic mass is 10.0. The van der Waals surface area contributed by atoms with Crippen LogP contribution in [0.25, 0.3) is 0 Å². The molecule has 1 aromatic rings. The zero-order chi connectivity index (χ0) is 14.5. The average molecular weight is 299 g/mol. The minimum atomic E-state index is -0.959. The summed E-state index contributed by atoms with van der Waals surface area (Å²) in [6.07, 6.45) is 2.40. The van der Waals surface area contributed by atoms with Crippen LogP contribution in [0.4, 0.5) is 4.79 Å². The van der Waals surface area contributed by atoms with Crippen molar-refractivity contribution in [2.45, 2.75) is 25.4 Å². The molecule has 20 heavy (non-hydrogen) atoms. The highest BCUT2D eigenvalue weighted by molar-refractivity contribution is 7.09. The molecule has 3 N–H and O–H groups in total. The second-order valence-corrected chi connectivity index (χ2v) is 5.46. The molecular formula is C12H17N3O4S. The molecule has 1 fully saturated rings. The Labute approximate surface area is 120 Å². The van der Waals surface area contributed by atoms with Crippen LogP contribution in [0.3, 0.4) is 0 Å². The fourth-order valence-electron chi connectivity index (χ4n) is 2.05. The maximum atomic E-state index is 11.9. The van der Waals surface area contributed by atoms with E-state index in [1.807, 2.05) is 12.3 Å².